The minimum absolute atomic E-state index is 0.0423. The van der Waals surface area contributed by atoms with Crippen molar-refractivity contribution in [2.24, 2.45) is 17.8 Å². The lowest BCUT2D eigenvalue weighted by atomic mass is 9.93. The molecule has 1 aromatic carbocycles. The summed E-state index contributed by atoms with van der Waals surface area (Å²) < 4.78 is 39.2. The second-order valence-corrected chi connectivity index (χ2v) is 5.14. The van der Waals surface area contributed by atoms with Crippen LogP contribution in [0.4, 0.5) is 18.9 Å². The van der Waals surface area contributed by atoms with E-state index in [0.29, 0.717) is 24.3 Å². The van der Waals surface area contributed by atoms with Gasteiger partial charge >= 0.3 is 0 Å². The van der Waals surface area contributed by atoms with Crippen LogP contribution in [0.25, 0.3) is 0 Å². The molecular weight excluding hydrogens is 239 g/mol. The summed E-state index contributed by atoms with van der Waals surface area (Å²) in [6, 6.07) is 2.19. The van der Waals surface area contributed by atoms with Gasteiger partial charge in [-0.05, 0) is 42.7 Å². The van der Waals surface area contributed by atoms with Gasteiger partial charge in [0.05, 0.1) is 5.69 Å². The summed E-state index contributed by atoms with van der Waals surface area (Å²) in [6.07, 6.45) is 6.72. The lowest BCUT2D eigenvalue weighted by Crippen LogP contribution is -2.19. The van der Waals surface area contributed by atoms with Crippen LogP contribution in [0.3, 0.4) is 0 Å². The molecule has 0 heterocycles. The molecule has 96 valence electrons. The quantitative estimate of drug-likeness (QED) is 0.639. The van der Waals surface area contributed by atoms with Gasteiger partial charge in [-0.25, -0.2) is 13.2 Å². The normalized spacial score (nSPS) is 28.9. The van der Waals surface area contributed by atoms with Gasteiger partial charge in [0.15, 0.2) is 17.5 Å². The van der Waals surface area contributed by atoms with Crippen LogP contribution in [0.5, 0.6) is 0 Å². The largest absolute Gasteiger partial charge is 0.382 e. The van der Waals surface area contributed by atoms with Gasteiger partial charge in [-0.1, -0.05) is 12.2 Å². The molecule has 0 aromatic heterocycles. The lowest BCUT2D eigenvalue weighted by molar-refractivity contribution is 0.445. The van der Waals surface area contributed by atoms with Crippen molar-refractivity contribution in [3.05, 3.63) is 41.7 Å². The molecule has 1 nitrogen and oxygen atoms in total. The minimum Gasteiger partial charge on any atom is -0.382 e. The van der Waals surface area contributed by atoms with E-state index in [0.717, 1.165) is 12.5 Å². The highest BCUT2D eigenvalue weighted by molar-refractivity contribution is 5.45. The van der Waals surface area contributed by atoms with E-state index in [4.69, 9.17) is 0 Å². The zero-order chi connectivity index (χ0) is 12.7. The zero-order valence-electron chi connectivity index (χ0n) is 9.80. The van der Waals surface area contributed by atoms with Gasteiger partial charge in [-0.3, -0.25) is 0 Å². The molecule has 3 rings (SSSR count). The van der Waals surface area contributed by atoms with Crippen LogP contribution in [-0.2, 0) is 0 Å². The maximum absolute atomic E-state index is 13.4. The van der Waals surface area contributed by atoms with Gasteiger partial charge in [0, 0.05) is 6.54 Å². The van der Waals surface area contributed by atoms with Crippen LogP contribution in [0.2, 0.25) is 0 Å². The predicted octanol–water partition coefficient (Wildman–Crippen LogP) is 3.73. The Morgan fingerprint density at radius 3 is 2.56 bits per heavy atom. The van der Waals surface area contributed by atoms with Crippen molar-refractivity contribution >= 4 is 5.69 Å². The van der Waals surface area contributed by atoms with E-state index in [1.54, 1.807) is 0 Å². The number of nitrogens with one attached hydrogen (secondary N) is 1. The molecule has 1 N–H and O–H groups in total. The van der Waals surface area contributed by atoms with Gasteiger partial charge in [0.25, 0.3) is 0 Å². The van der Waals surface area contributed by atoms with Crippen LogP contribution in [-0.4, -0.2) is 6.54 Å². The first kappa shape index (κ1) is 11.6. The highest BCUT2D eigenvalue weighted by atomic mass is 19.2. The number of halogens is 3. The van der Waals surface area contributed by atoms with Crippen molar-refractivity contribution in [2.45, 2.75) is 12.8 Å². The first-order valence-electron chi connectivity index (χ1n) is 6.21. The predicted molar refractivity (Wildman–Crippen MR) is 63.6 cm³/mol. The molecule has 0 aliphatic heterocycles. The molecule has 2 bridgehead atoms. The maximum Gasteiger partial charge on any atom is 0.196 e. The first-order valence-corrected chi connectivity index (χ1v) is 6.21. The van der Waals surface area contributed by atoms with E-state index in [1.165, 1.54) is 12.5 Å². The Labute approximate surface area is 104 Å². The van der Waals surface area contributed by atoms with Crippen LogP contribution in [0, 0.1) is 35.2 Å². The third-order valence-corrected chi connectivity index (χ3v) is 4.01. The van der Waals surface area contributed by atoms with E-state index in [2.05, 4.69) is 17.5 Å². The molecule has 1 saturated carbocycles. The van der Waals surface area contributed by atoms with Crippen molar-refractivity contribution in [1.82, 2.24) is 0 Å². The lowest BCUT2D eigenvalue weighted by Gasteiger charge is -2.19. The molecule has 4 heteroatoms. The third kappa shape index (κ3) is 1.89. The number of rotatable bonds is 3. The van der Waals surface area contributed by atoms with E-state index in [-0.39, 0.29) is 5.69 Å². The van der Waals surface area contributed by atoms with Crippen LogP contribution < -0.4 is 5.32 Å². The molecule has 0 amide bonds. The molecule has 3 atom stereocenters. The molecule has 1 aromatic rings. The van der Waals surface area contributed by atoms with Crippen LogP contribution in [0.15, 0.2) is 24.3 Å². The van der Waals surface area contributed by atoms with Crippen molar-refractivity contribution in [3.8, 4) is 0 Å². The molecule has 0 radical (unpaired) electrons. The number of anilines is 1. The Kier molecular flexibility index (Phi) is 2.80. The monoisotopic (exact) mass is 253 g/mol. The standard InChI is InChI=1S/C14H14F3N/c15-11-3-4-12(14(17)13(11)16)18-7-10-6-8-1-2-9(10)5-8/h1-4,8-10,18H,5-7H2. The summed E-state index contributed by atoms with van der Waals surface area (Å²) >= 11 is 0. The topological polar surface area (TPSA) is 12.0 Å². The number of hydrogen-bond acceptors (Lipinski definition) is 1. The number of fused-ring (bicyclic) bond motifs is 2. The van der Waals surface area contributed by atoms with Crippen molar-refractivity contribution in [2.75, 3.05) is 11.9 Å². The van der Waals surface area contributed by atoms with E-state index in [1.807, 2.05) is 0 Å². The molecular formula is C14H14F3N. The Morgan fingerprint density at radius 2 is 1.89 bits per heavy atom. The van der Waals surface area contributed by atoms with Crippen molar-refractivity contribution < 1.29 is 13.2 Å². The molecule has 2 aliphatic carbocycles. The average Bonchev–Trinajstić information content (AvgIpc) is 2.97. The van der Waals surface area contributed by atoms with Gasteiger partial charge in [0.1, 0.15) is 0 Å². The zero-order valence-corrected chi connectivity index (χ0v) is 9.80. The highest BCUT2D eigenvalue weighted by Crippen LogP contribution is 2.43. The number of allylic oxidation sites excluding steroid dienone is 2. The summed E-state index contributed by atoms with van der Waals surface area (Å²) in [5, 5.41) is 2.89. The average molecular weight is 253 g/mol. The summed E-state index contributed by atoms with van der Waals surface area (Å²) in [6.45, 7) is 0.605. The molecule has 2 aliphatic rings. The van der Waals surface area contributed by atoms with Gasteiger partial charge in [-0.2, -0.15) is 0 Å². The minimum atomic E-state index is -1.41. The number of hydrogen-bond donors (Lipinski definition) is 1. The fraction of sp³-hybridized carbons (Fsp3) is 0.429. The Balaban J connectivity index is 1.67. The van der Waals surface area contributed by atoms with Crippen LogP contribution >= 0.6 is 0 Å². The van der Waals surface area contributed by atoms with Crippen molar-refractivity contribution in [1.29, 1.82) is 0 Å². The maximum atomic E-state index is 13.4. The molecule has 1 fully saturated rings. The fourth-order valence-electron chi connectivity index (χ4n) is 3.03. The summed E-state index contributed by atoms with van der Waals surface area (Å²) in [4.78, 5) is 0. The van der Waals surface area contributed by atoms with Crippen molar-refractivity contribution in [3.63, 3.8) is 0 Å². The Morgan fingerprint density at radius 1 is 1.06 bits per heavy atom. The van der Waals surface area contributed by atoms with E-state index < -0.39 is 17.5 Å². The molecule has 18 heavy (non-hydrogen) atoms. The summed E-state index contributed by atoms with van der Waals surface area (Å²) in [7, 11) is 0. The first-order chi connectivity index (χ1) is 8.65. The number of benzene rings is 1. The fourth-order valence-corrected chi connectivity index (χ4v) is 3.03. The Hall–Kier alpha value is -1.45. The summed E-state index contributed by atoms with van der Waals surface area (Å²) in [5.41, 5.74) is 0.0423. The summed E-state index contributed by atoms with van der Waals surface area (Å²) in [5.74, 6) is -2.03. The molecule has 0 spiro atoms. The van der Waals surface area contributed by atoms with E-state index >= 15 is 0 Å². The highest BCUT2D eigenvalue weighted by Gasteiger charge is 2.35. The molecule has 3 unspecified atom stereocenters. The van der Waals surface area contributed by atoms with E-state index in [9.17, 15) is 13.2 Å². The van der Waals surface area contributed by atoms with Crippen LogP contribution in [0.1, 0.15) is 12.8 Å². The van der Waals surface area contributed by atoms with Gasteiger partial charge in [-0.15, -0.1) is 0 Å². The van der Waals surface area contributed by atoms with Gasteiger partial charge in [0.2, 0.25) is 0 Å². The second-order valence-electron chi connectivity index (χ2n) is 5.14. The molecule has 0 saturated heterocycles. The van der Waals surface area contributed by atoms with Gasteiger partial charge < -0.3 is 5.32 Å². The Bertz CT molecular complexity index is 498. The smallest absolute Gasteiger partial charge is 0.196 e. The SMILES string of the molecule is Fc1ccc(NCC2CC3C=CC2C3)c(F)c1F. The second kappa shape index (κ2) is 4.34. The third-order valence-electron chi connectivity index (χ3n) is 4.01.